The second-order valence-corrected chi connectivity index (χ2v) is 5.04. The van der Waals surface area contributed by atoms with E-state index in [-0.39, 0.29) is 23.6 Å². The van der Waals surface area contributed by atoms with Crippen LogP contribution in [-0.2, 0) is 6.54 Å². The molecule has 0 fully saturated rings. The molecule has 0 aromatic heterocycles. The number of halogens is 4. The van der Waals surface area contributed by atoms with Crippen molar-refractivity contribution in [3.63, 3.8) is 0 Å². The van der Waals surface area contributed by atoms with E-state index in [0.717, 1.165) is 17.7 Å². The topological polar surface area (TPSA) is 12.0 Å². The summed E-state index contributed by atoms with van der Waals surface area (Å²) in [4.78, 5) is 0. The van der Waals surface area contributed by atoms with Gasteiger partial charge in [-0.2, -0.15) is 0 Å². The van der Waals surface area contributed by atoms with Crippen molar-refractivity contribution in [3.05, 3.63) is 63.4 Å². The van der Waals surface area contributed by atoms with Crippen LogP contribution in [0, 0.1) is 24.4 Å². The van der Waals surface area contributed by atoms with Crippen molar-refractivity contribution in [1.82, 2.24) is 0 Å². The van der Waals surface area contributed by atoms with Crippen molar-refractivity contribution in [2.75, 3.05) is 5.32 Å². The van der Waals surface area contributed by atoms with Crippen molar-refractivity contribution in [3.8, 4) is 0 Å². The van der Waals surface area contributed by atoms with Crippen LogP contribution in [0.2, 0.25) is 0 Å². The van der Waals surface area contributed by atoms with Crippen LogP contribution < -0.4 is 5.32 Å². The lowest BCUT2D eigenvalue weighted by molar-refractivity contribution is 0.594. The minimum atomic E-state index is -0.514. The third kappa shape index (κ3) is 3.29. The molecule has 0 saturated carbocycles. The Morgan fingerprint density at radius 2 is 1.74 bits per heavy atom. The molecular formula is C14H11BrF3N. The summed E-state index contributed by atoms with van der Waals surface area (Å²) in [5.74, 6) is -1.35. The molecule has 0 aliphatic carbocycles. The monoisotopic (exact) mass is 329 g/mol. The molecular weight excluding hydrogens is 319 g/mol. The van der Waals surface area contributed by atoms with Gasteiger partial charge in [0, 0.05) is 12.6 Å². The second kappa shape index (κ2) is 5.65. The minimum absolute atomic E-state index is 0.0866. The van der Waals surface area contributed by atoms with Gasteiger partial charge in [0.2, 0.25) is 0 Å². The number of hydrogen-bond donors (Lipinski definition) is 1. The van der Waals surface area contributed by atoms with Gasteiger partial charge in [-0.15, -0.1) is 0 Å². The van der Waals surface area contributed by atoms with Crippen molar-refractivity contribution in [2.45, 2.75) is 13.5 Å². The molecule has 2 aromatic carbocycles. The largest absolute Gasteiger partial charge is 0.379 e. The van der Waals surface area contributed by atoms with E-state index < -0.39 is 11.6 Å². The van der Waals surface area contributed by atoms with Crippen LogP contribution in [0.15, 0.2) is 34.8 Å². The third-order valence-electron chi connectivity index (χ3n) is 2.72. The van der Waals surface area contributed by atoms with E-state index in [0.29, 0.717) is 4.47 Å². The van der Waals surface area contributed by atoms with E-state index in [1.807, 2.05) is 0 Å². The van der Waals surface area contributed by atoms with Gasteiger partial charge in [0.25, 0.3) is 0 Å². The maximum absolute atomic E-state index is 13.6. The molecule has 0 spiro atoms. The number of aryl methyl sites for hydroxylation is 1. The van der Waals surface area contributed by atoms with E-state index in [2.05, 4.69) is 21.2 Å². The predicted octanol–water partition coefficient (Wildman–Crippen LogP) is 4.79. The third-order valence-corrected chi connectivity index (χ3v) is 3.32. The molecule has 19 heavy (non-hydrogen) atoms. The normalized spacial score (nSPS) is 10.6. The second-order valence-electron chi connectivity index (χ2n) is 4.18. The number of benzene rings is 2. The highest BCUT2D eigenvalue weighted by Gasteiger charge is 2.07. The lowest BCUT2D eigenvalue weighted by Gasteiger charge is -2.09. The van der Waals surface area contributed by atoms with Crippen molar-refractivity contribution in [1.29, 1.82) is 0 Å². The van der Waals surface area contributed by atoms with Gasteiger partial charge in [0.15, 0.2) is 0 Å². The van der Waals surface area contributed by atoms with E-state index >= 15 is 0 Å². The van der Waals surface area contributed by atoms with E-state index in [1.54, 1.807) is 12.1 Å². The van der Waals surface area contributed by atoms with E-state index in [9.17, 15) is 13.2 Å². The molecule has 2 rings (SSSR count). The predicted molar refractivity (Wildman–Crippen MR) is 72.5 cm³/mol. The summed E-state index contributed by atoms with van der Waals surface area (Å²) in [5.41, 5.74) is 1.10. The molecule has 0 unspecified atom stereocenters. The fraction of sp³-hybridized carbons (Fsp3) is 0.143. The molecule has 0 saturated heterocycles. The number of nitrogens with one attached hydrogen (secondary N) is 1. The van der Waals surface area contributed by atoms with Gasteiger partial charge in [0.1, 0.15) is 17.5 Å². The average molecular weight is 330 g/mol. The Hall–Kier alpha value is -1.49. The van der Waals surface area contributed by atoms with Crippen LogP contribution in [0.3, 0.4) is 0 Å². The first kappa shape index (κ1) is 13.9. The van der Waals surface area contributed by atoms with Crippen LogP contribution in [-0.4, -0.2) is 0 Å². The summed E-state index contributed by atoms with van der Waals surface area (Å²) in [7, 11) is 0. The van der Waals surface area contributed by atoms with Crippen LogP contribution in [0.4, 0.5) is 18.9 Å². The number of rotatable bonds is 3. The lowest BCUT2D eigenvalue weighted by Crippen LogP contribution is -2.03. The molecule has 100 valence electrons. The molecule has 0 heterocycles. The van der Waals surface area contributed by atoms with Crippen LogP contribution >= 0.6 is 15.9 Å². The van der Waals surface area contributed by atoms with Gasteiger partial charge in [-0.1, -0.05) is 6.07 Å². The quantitative estimate of drug-likeness (QED) is 0.853. The van der Waals surface area contributed by atoms with E-state index in [4.69, 9.17) is 0 Å². The zero-order valence-electron chi connectivity index (χ0n) is 10.1. The maximum atomic E-state index is 13.6. The molecule has 0 atom stereocenters. The summed E-state index contributed by atoms with van der Waals surface area (Å²) in [5, 5.41) is 2.79. The summed E-state index contributed by atoms with van der Waals surface area (Å²) < 4.78 is 40.3. The summed E-state index contributed by atoms with van der Waals surface area (Å²) >= 11 is 3.07. The van der Waals surface area contributed by atoms with Gasteiger partial charge in [0.05, 0.1) is 10.2 Å². The molecule has 2 aromatic rings. The summed E-state index contributed by atoms with van der Waals surface area (Å²) in [6, 6.07) is 6.73. The van der Waals surface area contributed by atoms with Crippen LogP contribution in [0.5, 0.6) is 0 Å². The van der Waals surface area contributed by atoms with Crippen molar-refractivity contribution >= 4 is 21.6 Å². The smallest absolute Gasteiger partial charge is 0.146 e. The molecule has 0 amide bonds. The Morgan fingerprint density at radius 3 is 2.42 bits per heavy atom. The SMILES string of the molecule is Cc1cc(F)c(NCc2ccc(F)c(Br)c2)cc1F. The zero-order valence-corrected chi connectivity index (χ0v) is 11.7. The van der Waals surface area contributed by atoms with Gasteiger partial charge < -0.3 is 5.32 Å². The summed E-state index contributed by atoms with van der Waals surface area (Å²) in [6.45, 7) is 1.78. The number of anilines is 1. The van der Waals surface area contributed by atoms with E-state index in [1.165, 1.54) is 13.0 Å². The Kier molecular flexibility index (Phi) is 4.14. The Morgan fingerprint density at radius 1 is 1.00 bits per heavy atom. The first-order chi connectivity index (χ1) is 8.97. The van der Waals surface area contributed by atoms with Crippen molar-refractivity contribution in [2.24, 2.45) is 0 Å². The molecule has 0 radical (unpaired) electrons. The first-order valence-electron chi connectivity index (χ1n) is 5.61. The van der Waals surface area contributed by atoms with Gasteiger partial charge in [-0.25, -0.2) is 13.2 Å². The molecule has 0 aliphatic heterocycles. The highest BCUT2D eigenvalue weighted by Crippen LogP contribution is 2.21. The first-order valence-corrected chi connectivity index (χ1v) is 6.40. The molecule has 1 nitrogen and oxygen atoms in total. The van der Waals surface area contributed by atoms with Crippen LogP contribution in [0.1, 0.15) is 11.1 Å². The number of hydrogen-bond acceptors (Lipinski definition) is 1. The Labute approximate surface area is 117 Å². The zero-order chi connectivity index (χ0) is 14.0. The minimum Gasteiger partial charge on any atom is -0.379 e. The highest BCUT2D eigenvalue weighted by molar-refractivity contribution is 9.10. The fourth-order valence-electron chi connectivity index (χ4n) is 1.63. The molecule has 0 bridgehead atoms. The van der Waals surface area contributed by atoms with Gasteiger partial charge in [-0.05, 0) is 52.2 Å². The summed E-state index contributed by atoms with van der Waals surface area (Å²) in [6.07, 6.45) is 0. The molecule has 5 heteroatoms. The maximum Gasteiger partial charge on any atom is 0.146 e. The fourth-order valence-corrected chi connectivity index (χ4v) is 2.05. The van der Waals surface area contributed by atoms with Gasteiger partial charge in [-0.3, -0.25) is 0 Å². The molecule has 1 N–H and O–H groups in total. The lowest BCUT2D eigenvalue weighted by atomic mass is 10.2. The Balaban J connectivity index is 2.14. The van der Waals surface area contributed by atoms with Crippen molar-refractivity contribution < 1.29 is 13.2 Å². The van der Waals surface area contributed by atoms with Gasteiger partial charge >= 0.3 is 0 Å². The standard InChI is InChI=1S/C14H11BrF3N/c1-8-4-13(18)14(6-12(8)17)19-7-9-2-3-11(16)10(15)5-9/h2-6,19H,7H2,1H3. The average Bonchev–Trinajstić information content (AvgIpc) is 2.36. The Bertz CT molecular complexity index is 614. The molecule has 0 aliphatic rings. The van der Waals surface area contributed by atoms with Crippen LogP contribution in [0.25, 0.3) is 0 Å². The highest BCUT2D eigenvalue weighted by atomic mass is 79.9.